The van der Waals surface area contributed by atoms with Gasteiger partial charge in [-0.2, -0.15) is 0 Å². The molecule has 100 valence electrons. The van der Waals surface area contributed by atoms with Gasteiger partial charge in [0.05, 0.1) is 0 Å². The van der Waals surface area contributed by atoms with E-state index in [-0.39, 0.29) is 12.8 Å². The third kappa shape index (κ3) is 3.43. The van der Waals surface area contributed by atoms with E-state index < -0.39 is 41.2 Å². The van der Waals surface area contributed by atoms with E-state index in [1.54, 1.807) is 0 Å². The maximum Gasteiger partial charge on any atom is 0.303 e. The number of rotatable bonds is 5. The smallest absolute Gasteiger partial charge is 0.303 e. The van der Waals surface area contributed by atoms with Crippen LogP contribution in [-0.2, 0) is 4.79 Å². The Balaban J connectivity index is 3.02. The SMILES string of the molecule is NC(CCC(=O)O)c1cc(C(F)F)cc(F)c1F. The molecule has 0 aliphatic rings. The largest absolute Gasteiger partial charge is 0.481 e. The van der Waals surface area contributed by atoms with Crippen molar-refractivity contribution >= 4 is 5.97 Å². The van der Waals surface area contributed by atoms with Crippen LogP contribution in [0.15, 0.2) is 12.1 Å². The van der Waals surface area contributed by atoms with Gasteiger partial charge in [0.1, 0.15) is 0 Å². The van der Waals surface area contributed by atoms with Gasteiger partial charge < -0.3 is 10.8 Å². The first kappa shape index (κ1) is 14.4. The molecular weight excluding hydrogens is 254 g/mol. The summed E-state index contributed by atoms with van der Waals surface area (Å²) in [7, 11) is 0. The molecule has 0 fully saturated rings. The van der Waals surface area contributed by atoms with Crippen molar-refractivity contribution in [1.29, 1.82) is 0 Å². The average Bonchev–Trinajstić information content (AvgIpc) is 2.29. The van der Waals surface area contributed by atoms with Crippen molar-refractivity contribution in [2.75, 3.05) is 0 Å². The van der Waals surface area contributed by atoms with E-state index in [1.165, 1.54) is 0 Å². The lowest BCUT2D eigenvalue weighted by Gasteiger charge is -2.14. The van der Waals surface area contributed by atoms with Crippen molar-refractivity contribution in [3.63, 3.8) is 0 Å². The second kappa shape index (κ2) is 5.81. The van der Waals surface area contributed by atoms with Crippen LogP contribution in [0.2, 0.25) is 0 Å². The quantitative estimate of drug-likeness (QED) is 0.804. The van der Waals surface area contributed by atoms with Crippen LogP contribution >= 0.6 is 0 Å². The van der Waals surface area contributed by atoms with Crippen molar-refractivity contribution < 1.29 is 27.5 Å². The molecule has 0 aliphatic heterocycles. The minimum absolute atomic E-state index is 0.168. The van der Waals surface area contributed by atoms with Crippen molar-refractivity contribution in [3.8, 4) is 0 Å². The van der Waals surface area contributed by atoms with E-state index in [0.29, 0.717) is 6.07 Å². The molecule has 0 saturated heterocycles. The van der Waals surface area contributed by atoms with Gasteiger partial charge in [0.15, 0.2) is 11.6 Å². The predicted octanol–water partition coefficient (Wildman–Crippen LogP) is 2.77. The summed E-state index contributed by atoms with van der Waals surface area (Å²) < 4.78 is 51.3. The Bertz CT molecular complexity index is 451. The van der Waals surface area contributed by atoms with Crippen LogP contribution in [0.25, 0.3) is 0 Å². The number of benzene rings is 1. The molecule has 1 rings (SSSR count). The lowest BCUT2D eigenvalue weighted by molar-refractivity contribution is -0.137. The molecule has 0 aliphatic carbocycles. The van der Waals surface area contributed by atoms with E-state index >= 15 is 0 Å². The molecule has 0 spiro atoms. The summed E-state index contributed by atoms with van der Waals surface area (Å²) in [4.78, 5) is 10.3. The molecule has 0 aromatic heterocycles. The average molecular weight is 265 g/mol. The molecule has 1 atom stereocenters. The van der Waals surface area contributed by atoms with E-state index in [1.807, 2.05) is 0 Å². The van der Waals surface area contributed by atoms with Gasteiger partial charge in [0.2, 0.25) is 0 Å². The lowest BCUT2D eigenvalue weighted by Crippen LogP contribution is -2.15. The van der Waals surface area contributed by atoms with Crippen LogP contribution in [0.1, 0.15) is 36.4 Å². The highest BCUT2D eigenvalue weighted by Crippen LogP contribution is 2.27. The van der Waals surface area contributed by atoms with Crippen LogP contribution in [0, 0.1) is 11.6 Å². The normalized spacial score (nSPS) is 12.8. The Hall–Kier alpha value is -1.63. The number of halogens is 4. The summed E-state index contributed by atoms with van der Waals surface area (Å²) in [6, 6.07) is 0.0116. The number of carboxylic acids is 1. The highest BCUT2D eigenvalue weighted by Gasteiger charge is 2.20. The van der Waals surface area contributed by atoms with Crippen LogP contribution < -0.4 is 5.73 Å². The molecule has 0 saturated carbocycles. The first-order chi connectivity index (χ1) is 8.32. The highest BCUT2D eigenvalue weighted by atomic mass is 19.3. The summed E-state index contributed by atoms with van der Waals surface area (Å²) in [6.07, 6.45) is -3.48. The van der Waals surface area contributed by atoms with Crippen LogP contribution in [0.4, 0.5) is 17.6 Å². The van der Waals surface area contributed by atoms with Gasteiger partial charge in [-0.15, -0.1) is 0 Å². The minimum Gasteiger partial charge on any atom is -0.481 e. The van der Waals surface area contributed by atoms with Crippen LogP contribution in [0.5, 0.6) is 0 Å². The predicted molar refractivity (Wildman–Crippen MR) is 55.1 cm³/mol. The zero-order valence-corrected chi connectivity index (χ0v) is 9.17. The molecule has 1 aromatic rings. The summed E-state index contributed by atoms with van der Waals surface area (Å²) in [5.74, 6) is -3.90. The molecule has 0 amide bonds. The fourth-order valence-electron chi connectivity index (χ4n) is 1.46. The topological polar surface area (TPSA) is 63.3 Å². The lowest BCUT2D eigenvalue weighted by atomic mass is 9.99. The molecule has 0 radical (unpaired) electrons. The summed E-state index contributed by atoms with van der Waals surface area (Å²) in [5, 5.41) is 8.43. The Morgan fingerprint density at radius 1 is 1.33 bits per heavy atom. The molecule has 18 heavy (non-hydrogen) atoms. The maximum absolute atomic E-state index is 13.4. The number of hydrogen-bond donors (Lipinski definition) is 2. The van der Waals surface area contributed by atoms with Crippen molar-refractivity contribution in [1.82, 2.24) is 0 Å². The standard InChI is InChI=1S/C11H11F4NO2/c12-7-4-5(11(14)15)3-6(10(7)13)8(16)1-2-9(17)18/h3-4,8,11H,1-2,16H2,(H,17,18). The Kier molecular flexibility index (Phi) is 4.66. The second-order valence-electron chi connectivity index (χ2n) is 3.75. The first-order valence-electron chi connectivity index (χ1n) is 5.07. The van der Waals surface area contributed by atoms with Gasteiger partial charge >= 0.3 is 5.97 Å². The van der Waals surface area contributed by atoms with E-state index in [0.717, 1.165) is 6.07 Å². The Labute approximate surface area is 100 Å². The van der Waals surface area contributed by atoms with Gasteiger partial charge in [-0.05, 0) is 18.6 Å². The first-order valence-corrected chi connectivity index (χ1v) is 5.07. The number of hydrogen-bond acceptors (Lipinski definition) is 2. The van der Waals surface area contributed by atoms with Gasteiger partial charge in [-0.3, -0.25) is 4.79 Å². The minimum atomic E-state index is -2.95. The number of carboxylic acid groups (broad SMARTS) is 1. The maximum atomic E-state index is 13.4. The Morgan fingerprint density at radius 3 is 2.44 bits per heavy atom. The van der Waals surface area contributed by atoms with Crippen LogP contribution in [-0.4, -0.2) is 11.1 Å². The number of nitrogens with two attached hydrogens (primary N) is 1. The van der Waals surface area contributed by atoms with Gasteiger partial charge in [0, 0.05) is 23.6 Å². The zero-order valence-electron chi connectivity index (χ0n) is 9.17. The van der Waals surface area contributed by atoms with Gasteiger partial charge in [-0.25, -0.2) is 17.6 Å². The molecule has 1 unspecified atom stereocenters. The van der Waals surface area contributed by atoms with Gasteiger partial charge in [0.25, 0.3) is 6.43 Å². The second-order valence-corrected chi connectivity index (χ2v) is 3.75. The molecule has 0 bridgehead atoms. The number of aliphatic carboxylic acids is 1. The third-order valence-corrected chi connectivity index (χ3v) is 2.40. The number of carbonyl (C=O) groups is 1. The van der Waals surface area contributed by atoms with E-state index in [9.17, 15) is 22.4 Å². The molecule has 0 heterocycles. The molecular formula is C11H11F4NO2. The highest BCUT2D eigenvalue weighted by molar-refractivity contribution is 5.66. The summed E-state index contributed by atoms with van der Waals surface area (Å²) in [5.41, 5.74) is 4.34. The molecule has 3 nitrogen and oxygen atoms in total. The van der Waals surface area contributed by atoms with Crippen molar-refractivity contribution in [2.24, 2.45) is 5.73 Å². The Morgan fingerprint density at radius 2 is 1.94 bits per heavy atom. The van der Waals surface area contributed by atoms with Gasteiger partial charge in [-0.1, -0.05) is 0 Å². The van der Waals surface area contributed by atoms with E-state index in [4.69, 9.17) is 10.8 Å². The molecule has 7 heteroatoms. The third-order valence-electron chi connectivity index (χ3n) is 2.40. The fourth-order valence-corrected chi connectivity index (χ4v) is 1.46. The fraction of sp³-hybridized carbons (Fsp3) is 0.364. The summed E-state index contributed by atoms with van der Waals surface area (Å²) >= 11 is 0. The molecule has 1 aromatic carbocycles. The number of alkyl halides is 2. The van der Waals surface area contributed by atoms with Crippen LogP contribution in [0.3, 0.4) is 0 Å². The van der Waals surface area contributed by atoms with E-state index in [2.05, 4.69) is 0 Å². The van der Waals surface area contributed by atoms with Crippen molar-refractivity contribution in [2.45, 2.75) is 25.3 Å². The molecule has 3 N–H and O–H groups in total. The monoisotopic (exact) mass is 265 g/mol. The summed E-state index contributed by atoms with van der Waals surface area (Å²) in [6.45, 7) is 0. The van der Waals surface area contributed by atoms with Crippen molar-refractivity contribution in [3.05, 3.63) is 34.9 Å². The zero-order chi connectivity index (χ0) is 13.9.